The first-order chi connectivity index (χ1) is 12.6. The molecule has 2 heterocycles. The lowest BCUT2D eigenvalue weighted by Crippen LogP contribution is -2.24. The van der Waals surface area contributed by atoms with Crippen LogP contribution in [0.5, 0.6) is 5.75 Å². The Morgan fingerprint density at radius 3 is 2.58 bits per heavy atom. The van der Waals surface area contributed by atoms with Crippen molar-refractivity contribution in [3.63, 3.8) is 0 Å². The average Bonchev–Trinajstić information content (AvgIpc) is 2.92. The molecule has 138 valence electrons. The molecule has 1 amide bonds. The van der Waals surface area contributed by atoms with E-state index in [0.717, 1.165) is 18.8 Å². The van der Waals surface area contributed by atoms with Gasteiger partial charge in [0, 0.05) is 25.0 Å². The Kier molecular flexibility index (Phi) is 6.10. The average molecular weight is 353 g/mol. The Morgan fingerprint density at radius 1 is 1.12 bits per heavy atom. The van der Waals surface area contributed by atoms with E-state index in [1.165, 1.54) is 25.7 Å². The van der Waals surface area contributed by atoms with E-state index in [1.54, 1.807) is 6.20 Å². The third kappa shape index (κ3) is 4.75. The van der Waals surface area contributed by atoms with Gasteiger partial charge in [0.2, 0.25) is 0 Å². The van der Waals surface area contributed by atoms with Gasteiger partial charge in [-0.05, 0) is 51.0 Å². The number of ether oxygens (including phenoxy) is 1. The molecule has 1 N–H and O–H groups in total. The Hall–Kier alpha value is -2.56. The van der Waals surface area contributed by atoms with Crippen LogP contribution in [-0.4, -0.2) is 30.1 Å². The normalized spacial score (nSPS) is 14.8. The highest BCUT2D eigenvalue weighted by molar-refractivity contribution is 6.04. The summed E-state index contributed by atoms with van der Waals surface area (Å²) in [6.45, 7) is 6.00. The smallest absolute Gasteiger partial charge is 0.274 e. The molecule has 1 aliphatic rings. The third-order valence-electron chi connectivity index (χ3n) is 4.45. The van der Waals surface area contributed by atoms with Crippen LogP contribution in [0, 0.1) is 0 Å². The molecule has 0 unspecified atom stereocenters. The SMILES string of the molecule is CC(C)Oc1ccccc1NC(=O)c1cc(N2CCCCCC2)ccn1. The number of carbonyl (C=O) groups is 1. The van der Waals surface area contributed by atoms with Crippen molar-refractivity contribution in [1.82, 2.24) is 4.98 Å². The van der Waals surface area contributed by atoms with E-state index >= 15 is 0 Å². The van der Waals surface area contributed by atoms with Crippen LogP contribution in [0.4, 0.5) is 11.4 Å². The highest BCUT2D eigenvalue weighted by Gasteiger charge is 2.15. The maximum absolute atomic E-state index is 12.7. The molecule has 0 saturated carbocycles. The number of carbonyl (C=O) groups excluding carboxylic acids is 1. The van der Waals surface area contributed by atoms with Gasteiger partial charge < -0.3 is 15.0 Å². The van der Waals surface area contributed by atoms with Crippen LogP contribution in [0.2, 0.25) is 0 Å². The van der Waals surface area contributed by atoms with Gasteiger partial charge >= 0.3 is 0 Å². The molecule has 1 aromatic heterocycles. The number of benzene rings is 1. The van der Waals surface area contributed by atoms with Crippen molar-refractivity contribution in [3.8, 4) is 5.75 Å². The number of hydrogen-bond acceptors (Lipinski definition) is 4. The Bertz CT molecular complexity index is 738. The predicted molar refractivity (Wildman–Crippen MR) is 105 cm³/mol. The summed E-state index contributed by atoms with van der Waals surface area (Å²) in [5.41, 5.74) is 2.15. The highest BCUT2D eigenvalue weighted by atomic mass is 16.5. The van der Waals surface area contributed by atoms with Gasteiger partial charge in [-0.1, -0.05) is 25.0 Å². The molecule has 26 heavy (non-hydrogen) atoms. The van der Waals surface area contributed by atoms with Crippen LogP contribution in [0.1, 0.15) is 50.0 Å². The first-order valence-electron chi connectivity index (χ1n) is 9.41. The van der Waals surface area contributed by atoms with E-state index in [0.29, 0.717) is 17.1 Å². The first-order valence-corrected chi connectivity index (χ1v) is 9.41. The molecule has 2 aromatic rings. The summed E-state index contributed by atoms with van der Waals surface area (Å²) in [5, 5.41) is 2.93. The number of hydrogen-bond donors (Lipinski definition) is 1. The lowest BCUT2D eigenvalue weighted by Gasteiger charge is -2.22. The van der Waals surface area contributed by atoms with Gasteiger partial charge in [-0.25, -0.2) is 0 Å². The summed E-state index contributed by atoms with van der Waals surface area (Å²) in [7, 11) is 0. The van der Waals surface area contributed by atoms with Crippen molar-refractivity contribution in [2.45, 2.75) is 45.6 Å². The molecule has 0 aliphatic carbocycles. The molecule has 0 bridgehead atoms. The van der Waals surface area contributed by atoms with Gasteiger partial charge in [0.1, 0.15) is 11.4 Å². The fraction of sp³-hybridized carbons (Fsp3) is 0.429. The van der Waals surface area contributed by atoms with Crippen molar-refractivity contribution >= 4 is 17.3 Å². The zero-order chi connectivity index (χ0) is 18.4. The van der Waals surface area contributed by atoms with E-state index in [-0.39, 0.29) is 12.0 Å². The fourth-order valence-corrected chi connectivity index (χ4v) is 3.18. The second-order valence-electron chi connectivity index (χ2n) is 6.92. The number of rotatable bonds is 5. The van der Waals surface area contributed by atoms with Crippen LogP contribution in [0.15, 0.2) is 42.6 Å². The van der Waals surface area contributed by atoms with Gasteiger partial charge in [-0.2, -0.15) is 0 Å². The van der Waals surface area contributed by atoms with Crippen molar-refractivity contribution in [1.29, 1.82) is 0 Å². The summed E-state index contributed by atoms with van der Waals surface area (Å²) >= 11 is 0. The molecule has 1 fully saturated rings. The number of nitrogens with one attached hydrogen (secondary N) is 1. The molecule has 3 rings (SSSR count). The van der Waals surface area contributed by atoms with Crippen molar-refractivity contribution in [3.05, 3.63) is 48.3 Å². The molecule has 1 saturated heterocycles. The number of anilines is 2. The third-order valence-corrected chi connectivity index (χ3v) is 4.45. The van der Waals surface area contributed by atoms with Gasteiger partial charge in [-0.3, -0.25) is 9.78 Å². The number of pyridine rings is 1. The topological polar surface area (TPSA) is 54.5 Å². The van der Waals surface area contributed by atoms with E-state index < -0.39 is 0 Å². The van der Waals surface area contributed by atoms with E-state index in [1.807, 2.05) is 50.2 Å². The minimum absolute atomic E-state index is 0.0394. The van der Waals surface area contributed by atoms with E-state index in [4.69, 9.17) is 4.74 Å². The lowest BCUT2D eigenvalue weighted by atomic mass is 10.2. The lowest BCUT2D eigenvalue weighted by molar-refractivity contribution is 0.102. The maximum Gasteiger partial charge on any atom is 0.274 e. The Labute approximate surface area is 155 Å². The quantitative estimate of drug-likeness (QED) is 0.860. The molecule has 0 radical (unpaired) electrons. The molecule has 1 aromatic carbocycles. The summed E-state index contributed by atoms with van der Waals surface area (Å²) in [5.74, 6) is 0.445. The van der Waals surface area contributed by atoms with E-state index in [9.17, 15) is 4.79 Å². The number of amides is 1. The summed E-state index contributed by atoms with van der Waals surface area (Å²) in [6, 6.07) is 11.3. The van der Waals surface area contributed by atoms with Gasteiger partial charge in [0.25, 0.3) is 5.91 Å². The second kappa shape index (κ2) is 8.70. The Morgan fingerprint density at radius 2 is 1.85 bits per heavy atom. The first kappa shape index (κ1) is 18.2. The summed E-state index contributed by atoms with van der Waals surface area (Å²) < 4.78 is 5.77. The molecular formula is C21H27N3O2. The van der Waals surface area contributed by atoms with Crippen LogP contribution in [0.3, 0.4) is 0 Å². The van der Waals surface area contributed by atoms with Gasteiger partial charge in [0.05, 0.1) is 11.8 Å². The van der Waals surface area contributed by atoms with Crippen LogP contribution >= 0.6 is 0 Å². The second-order valence-corrected chi connectivity index (χ2v) is 6.92. The van der Waals surface area contributed by atoms with Crippen LogP contribution in [-0.2, 0) is 0 Å². The Balaban J connectivity index is 1.75. The van der Waals surface area contributed by atoms with Crippen molar-refractivity contribution in [2.24, 2.45) is 0 Å². The van der Waals surface area contributed by atoms with Crippen LogP contribution < -0.4 is 15.0 Å². The maximum atomic E-state index is 12.7. The number of nitrogens with zero attached hydrogens (tertiary/aromatic N) is 2. The molecule has 5 nitrogen and oxygen atoms in total. The largest absolute Gasteiger partial charge is 0.489 e. The fourth-order valence-electron chi connectivity index (χ4n) is 3.18. The van der Waals surface area contributed by atoms with Gasteiger partial charge in [-0.15, -0.1) is 0 Å². The standard InChI is InChI=1S/C21H27N3O2/c1-16(2)26-20-10-6-5-9-18(20)23-21(25)19-15-17(11-12-22-19)24-13-7-3-4-8-14-24/h5-6,9-12,15-16H,3-4,7-8,13-14H2,1-2H3,(H,23,25). The minimum Gasteiger partial charge on any atom is -0.489 e. The zero-order valence-corrected chi connectivity index (χ0v) is 15.6. The van der Waals surface area contributed by atoms with Gasteiger partial charge in [0.15, 0.2) is 0 Å². The zero-order valence-electron chi connectivity index (χ0n) is 15.6. The minimum atomic E-state index is -0.221. The van der Waals surface area contributed by atoms with E-state index in [2.05, 4.69) is 15.2 Å². The van der Waals surface area contributed by atoms with Crippen molar-refractivity contribution < 1.29 is 9.53 Å². The van der Waals surface area contributed by atoms with Crippen molar-refractivity contribution in [2.75, 3.05) is 23.3 Å². The molecule has 0 spiro atoms. The van der Waals surface area contributed by atoms with Crippen LogP contribution in [0.25, 0.3) is 0 Å². The predicted octanol–water partition coefficient (Wildman–Crippen LogP) is 4.50. The summed E-state index contributed by atoms with van der Waals surface area (Å²) in [6.07, 6.45) is 6.71. The number of aromatic nitrogens is 1. The highest BCUT2D eigenvalue weighted by Crippen LogP contribution is 2.26. The molecule has 1 aliphatic heterocycles. The monoisotopic (exact) mass is 353 g/mol. The molecule has 5 heteroatoms. The summed E-state index contributed by atoms with van der Waals surface area (Å²) in [4.78, 5) is 19.3. The molecular weight excluding hydrogens is 326 g/mol. The number of para-hydroxylation sites is 2. The molecule has 0 atom stereocenters.